The van der Waals surface area contributed by atoms with Gasteiger partial charge < -0.3 is 15.1 Å². The van der Waals surface area contributed by atoms with Gasteiger partial charge in [-0.15, -0.1) is 0 Å². The van der Waals surface area contributed by atoms with E-state index >= 15 is 0 Å². The summed E-state index contributed by atoms with van der Waals surface area (Å²) in [4.78, 5) is 29.0. The molecule has 232 valence electrons. The zero-order valence-corrected chi connectivity index (χ0v) is 24.2. The third kappa shape index (κ3) is 7.95. The van der Waals surface area contributed by atoms with Crippen molar-refractivity contribution in [2.45, 2.75) is 83.9 Å². The van der Waals surface area contributed by atoms with Gasteiger partial charge in [-0.2, -0.15) is 26.3 Å². The monoisotopic (exact) mass is 603 g/mol. The van der Waals surface area contributed by atoms with Crippen LogP contribution < -0.4 is 5.32 Å². The van der Waals surface area contributed by atoms with Crippen molar-refractivity contribution in [3.63, 3.8) is 0 Å². The van der Waals surface area contributed by atoms with Crippen LogP contribution in [0.3, 0.4) is 0 Å². The first-order valence-electron chi connectivity index (χ1n) is 13.8. The smallest absolute Gasteiger partial charge is 0.353 e. The Morgan fingerprint density at radius 3 is 2.12 bits per heavy atom. The number of urea groups is 1. The number of nitrogens with zero attached hydrogens (tertiary/aromatic N) is 2. The predicted molar refractivity (Wildman–Crippen MR) is 144 cm³/mol. The van der Waals surface area contributed by atoms with E-state index in [0.717, 1.165) is 4.90 Å². The summed E-state index contributed by atoms with van der Waals surface area (Å²) in [6, 6.07) is 2.86. The summed E-state index contributed by atoms with van der Waals surface area (Å²) >= 11 is 0. The average Bonchev–Trinajstić information content (AvgIpc) is 2.87. The van der Waals surface area contributed by atoms with Crippen LogP contribution in [0, 0.1) is 18.7 Å². The minimum Gasteiger partial charge on any atom is -0.353 e. The SMILES string of the molecule is CC[C@@H](c1cc(C(F)(F)F)cc(C(F)(F)F)c1)N(C)C(=O)N1CC[C@H](NC(=O)CC(C)C)C[C@@H]1c1ccc(F)cc1C. The summed E-state index contributed by atoms with van der Waals surface area (Å²) in [6.07, 6.45) is -9.00. The highest BCUT2D eigenvalue weighted by molar-refractivity contribution is 5.77. The second-order valence-electron chi connectivity index (χ2n) is 11.3. The van der Waals surface area contributed by atoms with Crippen LogP contribution in [-0.2, 0) is 17.1 Å². The molecule has 0 bridgehead atoms. The molecule has 2 aromatic carbocycles. The maximum absolute atomic E-state index is 13.9. The first-order valence-corrected chi connectivity index (χ1v) is 13.8. The Morgan fingerprint density at radius 1 is 1.02 bits per heavy atom. The Kier molecular flexibility index (Phi) is 10.2. The number of amides is 3. The molecule has 1 aliphatic rings. The molecule has 0 radical (unpaired) electrons. The largest absolute Gasteiger partial charge is 0.416 e. The zero-order valence-electron chi connectivity index (χ0n) is 24.2. The maximum atomic E-state index is 13.9. The molecule has 1 heterocycles. The molecule has 0 aromatic heterocycles. The van der Waals surface area contributed by atoms with E-state index in [0.29, 0.717) is 42.5 Å². The Balaban J connectivity index is 1.98. The van der Waals surface area contributed by atoms with Crippen molar-refractivity contribution in [1.82, 2.24) is 15.1 Å². The number of piperidine rings is 1. The van der Waals surface area contributed by atoms with Crippen LogP contribution in [0.25, 0.3) is 0 Å². The number of nitrogens with one attached hydrogen (secondary N) is 1. The van der Waals surface area contributed by atoms with Crippen LogP contribution >= 0.6 is 0 Å². The van der Waals surface area contributed by atoms with E-state index in [2.05, 4.69) is 5.32 Å². The number of carbonyl (C=O) groups is 2. The average molecular weight is 604 g/mol. The molecule has 0 saturated carbocycles. The Labute approximate surface area is 241 Å². The number of halogens is 7. The van der Waals surface area contributed by atoms with Crippen LogP contribution in [0.5, 0.6) is 0 Å². The molecule has 1 N–H and O–H groups in total. The summed E-state index contributed by atoms with van der Waals surface area (Å²) in [5.41, 5.74) is -2.00. The van der Waals surface area contributed by atoms with Gasteiger partial charge in [0.2, 0.25) is 5.91 Å². The number of aryl methyl sites for hydroxylation is 1. The standard InChI is InChI=1S/C30H36F7N3O2/c1-6-25(19-13-20(29(32,33)34)15-21(14-19)30(35,36)37)39(5)28(42)40-10-9-23(38-27(41)11-17(2)3)16-26(40)24-8-7-22(31)12-18(24)4/h7-8,12-15,17,23,25-26H,6,9-11,16H2,1-5H3,(H,38,41)/t23-,25-,26+/m0/s1. The lowest BCUT2D eigenvalue weighted by molar-refractivity contribution is -0.143. The van der Waals surface area contributed by atoms with Crippen LogP contribution in [0.1, 0.15) is 86.4 Å². The number of hydrogen-bond donors (Lipinski definition) is 1. The Morgan fingerprint density at radius 2 is 1.62 bits per heavy atom. The van der Waals surface area contributed by atoms with Crippen molar-refractivity contribution in [3.05, 3.63) is 70.0 Å². The molecule has 1 aliphatic heterocycles. The lowest BCUT2D eigenvalue weighted by Crippen LogP contribution is -2.52. The normalized spacial score (nSPS) is 18.6. The van der Waals surface area contributed by atoms with Gasteiger partial charge in [-0.1, -0.05) is 26.8 Å². The Bertz CT molecular complexity index is 1240. The minimum absolute atomic E-state index is 0.0445. The molecule has 12 heteroatoms. The van der Waals surface area contributed by atoms with Crippen LogP contribution in [0.4, 0.5) is 35.5 Å². The third-order valence-electron chi connectivity index (χ3n) is 7.55. The zero-order chi connectivity index (χ0) is 31.6. The summed E-state index contributed by atoms with van der Waals surface area (Å²) in [7, 11) is 1.34. The first-order chi connectivity index (χ1) is 19.4. The number of rotatable bonds is 7. The second-order valence-corrected chi connectivity index (χ2v) is 11.3. The molecule has 3 atom stereocenters. The van der Waals surface area contributed by atoms with Gasteiger partial charge in [0.1, 0.15) is 5.82 Å². The van der Waals surface area contributed by atoms with Gasteiger partial charge >= 0.3 is 18.4 Å². The van der Waals surface area contributed by atoms with E-state index in [-0.39, 0.29) is 42.5 Å². The predicted octanol–water partition coefficient (Wildman–Crippen LogP) is 8.04. The molecule has 1 saturated heterocycles. The van der Waals surface area contributed by atoms with Gasteiger partial charge in [0.05, 0.1) is 23.2 Å². The molecule has 3 amide bonds. The van der Waals surface area contributed by atoms with Gasteiger partial charge in [-0.25, -0.2) is 9.18 Å². The summed E-state index contributed by atoms with van der Waals surface area (Å²) in [5, 5.41) is 2.99. The molecule has 0 unspecified atom stereocenters. The van der Waals surface area contributed by atoms with Crippen molar-refractivity contribution in [2.24, 2.45) is 5.92 Å². The van der Waals surface area contributed by atoms with Gasteiger partial charge in [0.15, 0.2) is 0 Å². The highest BCUT2D eigenvalue weighted by atomic mass is 19.4. The van der Waals surface area contributed by atoms with E-state index in [4.69, 9.17) is 0 Å². The lowest BCUT2D eigenvalue weighted by Gasteiger charge is -2.43. The fourth-order valence-corrected chi connectivity index (χ4v) is 5.53. The number of alkyl halides is 6. The topological polar surface area (TPSA) is 52.7 Å². The first kappa shape index (κ1) is 33.2. The van der Waals surface area contributed by atoms with Gasteiger partial charge in [0.25, 0.3) is 0 Å². The summed E-state index contributed by atoms with van der Waals surface area (Å²) in [6.45, 7) is 7.23. The molecule has 5 nitrogen and oxygen atoms in total. The van der Waals surface area contributed by atoms with E-state index in [1.165, 1.54) is 24.1 Å². The summed E-state index contributed by atoms with van der Waals surface area (Å²) < 4.78 is 95.2. The number of hydrogen-bond acceptors (Lipinski definition) is 2. The maximum Gasteiger partial charge on any atom is 0.416 e. The molecule has 1 fully saturated rings. The highest BCUT2D eigenvalue weighted by Gasteiger charge is 2.40. The van der Waals surface area contributed by atoms with Crippen LogP contribution in [-0.4, -0.2) is 41.4 Å². The highest BCUT2D eigenvalue weighted by Crippen LogP contribution is 2.40. The van der Waals surface area contributed by atoms with Crippen molar-refractivity contribution >= 4 is 11.9 Å². The molecular weight excluding hydrogens is 567 g/mol. The molecule has 42 heavy (non-hydrogen) atoms. The van der Waals surface area contributed by atoms with Gasteiger partial charge in [-0.3, -0.25) is 4.79 Å². The van der Waals surface area contributed by atoms with Crippen molar-refractivity contribution < 1.29 is 40.3 Å². The van der Waals surface area contributed by atoms with Crippen molar-refractivity contribution in [3.8, 4) is 0 Å². The molecule has 0 spiro atoms. The van der Waals surface area contributed by atoms with E-state index in [9.17, 15) is 40.3 Å². The van der Waals surface area contributed by atoms with Gasteiger partial charge in [0, 0.05) is 26.1 Å². The van der Waals surface area contributed by atoms with E-state index in [1.54, 1.807) is 19.9 Å². The lowest BCUT2D eigenvalue weighted by atomic mass is 9.89. The molecule has 2 aromatic rings. The second kappa shape index (κ2) is 12.9. The minimum atomic E-state index is -5.02. The Hall–Kier alpha value is -3.31. The third-order valence-corrected chi connectivity index (χ3v) is 7.55. The van der Waals surface area contributed by atoms with Crippen molar-refractivity contribution in [1.29, 1.82) is 0 Å². The molecule has 0 aliphatic carbocycles. The molecule has 3 rings (SSSR count). The number of benzene rings is 2. The van der Waals surface area contributed by atoms with Crippen LogP contribution in [0.2, 0.25) is 0 Å². The van der Waals surface area contributed by atoms with E-state index in [1.807, 2.05) is 13.8 Å². The number of likely N-dealkylation sites (tertiary alicyclic amines) is 1. The fourth-order valence-electron chi connectivity index (χ4n) is 5.53. The quantitative estimate of drug-likeness (QED) is 0.326. The van der Waals surface area contributed by atoms with E-state index < -0.39 is 47.4 Å². The molecular formula is C30H36F7N3O2. The van der Waals surface area contributed by atoms with Crippen molar-refractivity contribution in [2.75, 3.05) is 13.6 Å². The van der Waals surface area contributed by atoms with Gasteiger partial charge in [-0.05, 0) is 79.1 Å². The fraction of sp³-hybridized carbons (Fsp3) is 0.533. The van der Waals surface area contributed by atoms with Crippen LogP contribution in [0.15, 0.2) is 36.4 Å². The summed E-state index contributed by atoms with van der Waals surface area (Å²) in [5.74, 6) is -0.479. The number of carbonyl (C=O) groups excluding carboxylic acids is 2.